The van der Waals surface area contributed by atoms with Crippen molar-refractivity contribution in [1.29, 1.82) is 0 Å². The second kappa shape index (κ2) is 7.06. The lowest BCUT2D eigenvalue weighted by atomic mass is 10.2. The minimum absolute atomic E-state index is 0.0342. The van der Waals surface area contributed by atoms with E-state index in [9.17, 15) is 14.7 Å². The van der Waals surface area contributed by atoms with Gasteiger partial charge in [0.25, 0.3) is 10.9 Å². The van der Waals surface area contributed by atoms with Crippen molar-refractivity contribution >= 4 is 11.4 Å². The van der Waals surface area contributed by atoms with Crippen LogP contribution in [0.1, 0.15) is 11.4 Å². The Bertz CT molecular complexity index is 789. The molecule has 0 aliphatic rings. The molecule has 0 radical (unpaired) electrons. The fourth-order valence-corrected chi connectivity index (χ4v) is 2.11. The predicted molar refractivity (Wildman–Crippen MR) is 90.3 cm³/mol. The molecule has 0 aliphatic carbocycles. The molecule has 0 saturated heterocycles. The summed E-state index contributed by atoms with van der Waals surface area (Å²) < 4.78 is 0. The zero-order valence-corrected chi connectivity index (χ0v) is 13.2. The number of hydrogen-bond acceptors (Lipinski definition) is 7. The quantitative estimate of drug-likeness (QED) is 0.501. The minimum Gasteiger partial charge on any atom is -0.511 e. The summed E-state index contributed by atoms with van der Waals surface area (Å²) in [7, 11) is 3.94. The fourth-order valence-electron chi connectivity index (χ4n) is 2.11. The molecule has 7 nitrogen and oxygen atoms in total. The number of nitrogen functional groups attached to an aromatic ring is 1. The van der Waals surface area contributed by atoms with E-state index in [1.807, 2.05) is 37.2 Å². The minimum atomic E-state index is -0.683. The van der Waals surface area contributed by atoms with Gasteiger partial charge in [-0.15, -0.1) is 0 Å². The monoisotopic (exact) mass is 316 g/mol. The van der Waals surface area contributed by atoms with Crippen molar-refractivity contribution in [2.24, 2.45) is 0 Å². The van der Waals surface area contributed by atoms with Gasteiger partial charge in [0.1, 0.15) is 17.1 Å². The van der Waals surface area contributed by atoms with Crippen molar-refractivity contribution in [2.45, 2.75) is 13.0 Å². The van der Waals surface area contributed by atoms with Crippen molar-refractivity contribution in [3.05, 3.63) is 61.9 Å². The summed E-state index contributed by atoms with van der Waals surface area (Å²) in [4.78, 5) is 28.7. The highest BCUT2D eigenvalue weighted by Gasteiger charge is 2.17. The van der Waals surface area contributed by atoms with Gasteiger partial charge < -0.3 is 21.1 Å². The highest BCUT2D eigenvalue weighted by Crippen LogP contribution is 2.09. The van der Waals surface area contributed by atoms with Gasteiger partial charge >= 0.3 is 0 Å². The first-order chi connectivity index (χ1) is 10.9. The van der Waals surface area contributed by atoms with Crippen LogP contribution in [0.2, 0.25) is 0 Å². The summed E-state index contributed by atoms with van der Waals surface area (Å²) >= 11 is 0. The molecule has 1 heterocycles. The lowest BCUT2D eigenvalue weighted by Crippen LogP contribution is -2.37. The number of allylic oxidation sites excluding steroid dienone is 1. The molecule has 0 amide bonds. The first-order valence-corrected chi connectivity index (χ1v) is 7.18. The predicted octanol–water partition coefficient (Wildman–Crippen LogP) is 0.418. The first kappa shape index (κ1) is 16.7. The maximum absolute atomic E-state index is 11.2. The van der Waals surface area contributed by atoms with E-state index in [0.717, 1.165) is 17.9 Å². The Morgan fingerprint density at radius 2 is 2.00 bits per heavy atom. The van der Waals surface area contributed by atoms with Gasteiger partial charge in [-0.3, -0.25) is 14.6 Å². The summed E-state index contributed by atoms with van der Waals surface area (Å²) in [6, 6.07) is 5.75. The Hall–Kier alpha value is -2.67. The molecule has 1 aromatic heterocycles. The topological polar surface area (TPSA) is 109 Å². The average Bonchev–Trinajstić information content (AvgIpc) is 2.52. The molecule has 0 bridgehead atoms. The number of aromatic nitrogens is 1. The standard InChI is InChI=1S/C16H20N4O3/c1-20(2)9-11-5-3-4-10(19-11)6-7-12(21)8-18-14-13(17)15(22)16(14)23/h3-5,7,18,21H,6,8-9,17H2,1-2H3/b12-7-. The van der Waals surface area contributed by atoms with Crippen molar-refractivity contribution < 1.29 is 5.11 Å². The normalized spacial score (nSPS) is 12.0. The lowest BCUT2D eigenvalue weighted by molar-refractivity contribution is 0.396. The van der Waals surface area contributed by atoms with Crippen LogP contribution in [0, 0.1) is 0 Å². The SMILES string of the molecule is CN(C)Cc1cccc(C/C=C(\O)CNc2c(N)c(=O)c2=O)n1. The van der Waals surface area contributed by atoms with Gasteiger partial charge in [-0.25, -0.2) is 0 Å². The third-order valence-corrected chi connectivity index (χ3v) is 3.28. The van der Waals surface area contributed by atoms with E-state index in [1.165, 1.54) is 0 Å². The second-order valence-electron chi connectivity index (χ2n) is 5.56. The van der Waals surface area contributed by atoms with E-state index < -0.39 is 10.9 Å². The number of pyridine rings is 1. The third-order valence-electron chi connectivity index (χ3n) is 3.28. The summed E-state index contributed by atoms with van der Waals surface area (Å²) in [5.74, 6) is 0.0530. The van der Waals surface area contributed by atoms with Gasteiger partial charge in [0.05, 0.1) is 12.2 Å². The van der Waals surface area contributed by atoms with Crippen molar-refractivity contribution in [1.82, 2.24) is 9.88 Å². The number of aliphatic hydroxyl groups excluding tert-OH is 1. The van der Waals surface area contributed by atoms with E-state index in [1.54, 1.807) is 6.08 Å². The number of nitrogens with zero attached hydrogens (tertiary/aromatic N) is 2. The van der Waals surface area contributed by atoms with Gasteiger partial charge in [0.15, 0.2) is 0 Å². The van der Waals surface area contributed by atoms with Gasteiger partial charge in [0.2, 0.25) is 0 Å². The van der Waals surface area contributed by atoms with Crippen LogP contribution in [-0.2, 0) is 13.0 Å². The van der Waals surface area contributed by atoms with Gasteiger partial charge in [-0.1, -0.05) is 6.07 Å². The molecule has 1 aromatic carbocycles. The Morgan fingerprint density at radius 3 is 2.65 bits per heavy atom. The highest BCUT2D eigenvalue weighted by atomic mass is 16.3. The van der Waals surface area contributed by atoms with E-state index in [-0.39, 0.29) is 23.7 Å². The smallest absolute Gasteiger partial charge is 0.253 e. The van der Waals surface area contributed by atoms with Crippen LogP contribution in [0.4, 0.5) is 11.4 Å². The molecule has 122 valence electrons. The van der Waals surface area contributed by atoms with Crippen LogP contribution in [0.25, 0.3) is 0 Å². The maximum atomic E-state index is 11.2. The van der Waals surface area contributed by atoms with Crippen LogP contribution < -0.4 is 21.9 Å². The molecule has 0 unspecified atom stereocenters. The highest BCUT2D eigenvalue weighted by molar-refractivity contribution is 5.71. The van der Waals surface area contributed by atoms with E-state index in [4.69, 9.17) is 5.73 Å². The molecule has 0 saturated carbocycles. The average molecular weight is 316 g/mol. The summed E-state index contributed by atoms with van der Waals surface area (Å²) in [5.41, 5.74) is 5.85. The molecule has 0 atom stereocenters. The number of nitrogens with one attached hydrogen (secondary N) is 1. The molecular formula is C16H20N4O3. The van der Waals surface area contributed by atoms with Crippen LogP contribution in [-0.4, -0.2) is 35.6 Å². The first-order valence-electron chi connectivity index (χ1n) is 7.18. The molecule has 23 heavy (non-hydrogen) atoms. The molecule has 7 heteroatoms. The molecule has 2 aromatic rings. The number of rotatable bonds is 7. The third kappa shape index (κ3) is 4.17. The van der Waals surface area contributed by atoms with Gasteiger partial charge in [-0.05, 0) is 32.3 Å². The van der Waals surface area contributed by atoms with Gasteiger partial charge in [0, 0.05) is 18.7 Å². The van der Waals surface area contributed by atoms with Crippen molar-refractivity contribution in [3.8, 4) is 0 Å². The van der Waals surface area contributed by atoms with Gasteiger partial charge in [-0.2, -0.15) is 0 Å². The summed E-state index contributed by atoms with van der Waals surface area (Å²) in [6.07, 6.45) is 2.08. The Morgan fingerprint density at radius 1 is 1.30 bits per heavy atom. The molecule has 0 spiro atoms. The number of anilines is 2. The van der Waals surface area contributed by atoms with Crippen LogP contribution >= 0.6 is 0 Å². The van der Waals surface area contributed by atoms with Crippen LogP contribution in [0.15, 0.2) is 39.6 Å². The Kier molecular flexibility index (Phi) is 5.13. The molecule has 4 N–H and O–H groups in total. The second-order valence-corrected chi connectivity index (χ2v) is 5.56. The van der Waals surface area contributed by atoms with Crippen molar-refractivity contribution in [2.75, 3.05) is 31.7 Å². The van der Waals surface area contributed by atoms with Crippen molar-refractivity contribution in [3.63, 3.8) is 0 Å². The molecule has 0 aliphatic heterocycles. The van der Waals surface area contributed by atoms with E-state index in [2.05, 4.69) is 10.3 Å². The molecule has 0 fully saturated rings. The Labute approximate surface area is 133 Å². The number of hydrogen-bond donors (Lipinski definition) is 3. The zero-order valence-electron chi connectivity index (χ0n) is 13.2. The maximum Gasteiger partial charge on any atom is 0.253 e. The summed E-state index contributed by atoms with van der Waals surface area (Å²) in [6.45, 7) is 0.779. The van der Waals surface area contributed by atoms with E-state index >= 15 is 0 Å². The zero-order chi connectivity index (χ0) is 17.0. The molecular weight excluding hydrogens is 296 g/mol. The van der Waals surface area contributed by atoms with Crippen LogP contribution in [0.5, 0.6) is 0 Å². The Balaban J connectivity index is 1.92. The number of nitrogens with two attached hydrogens (primary N) is 1. The number of aliphatic hydroxyl groups is 1. The molecule has 2 rings (SSSR count). The fraction of sp³-hybridized carbons (Fsp3) is 0.312. The van der Waals surface area contributed by atoms with Crippen LogP contribution in [0.3, 0.4) is 0 Å². The largest absolute Gasteiger partial charge is 0.511 e. The van der Waals surface area contributed by atoms with E-state index in [0.29, 0.717) is 6.42 Å². The lowest BCUT2D eigenvalue weighted by Gasteiger charge is -2.10. The summed E-state index contributed by atoms with van der Waals surface area (Å²) in [5, 5.41) is 12.5.